The minimum absolute atomic E-state index is 0.00111. The number of hydrogen-bond acceptors (Lipinski definition) is 10. The van der Waals surface area contributed by atoms with E-state index in [4.69, 9.17) is 26.3 Å². The molecule has 2 aromatic heterocycles. The quantitative estimate of drug-likeness (QED) is 0.146. The summed E-state index contributed by atoms with van der Waals surface area (Å²) in [6.45, 7) is 1.77. The molecule has 2 heterocycles. The highest BCUT2D eigenvalue weighted by molar-refractivity contribution is 7.92. The van der Waals surface area contributed by atoms with E-state index in [0.717, 1.165) is 11.8 Å². The Morgan fingerprint density at radius 2 is 1.88 bits per heavy atom. The Bertz CT molecular complexity index is 1330. The maximum Gasteiger partial charge on any atom is 0.280 e. The normalized spacial score (nSPS) is 11.9. The minimum atomic E-state index is -4.22. The van der Waals surface area contributed by atoms with Crippen molar-refractivity contribution in [1.82, 2.24) is 20.4 Å². The van der Waals surface area contributed by atoms with Crippen molar-refractivity contribution in [3.05, 3.63) is 77.7 Å². The molecule has 0 aliphatic rings. The van der Waals surface area contributed by atoms with E-state index in [-0.39, 0.29) is 38.9 Å². The molecule has 0 atom stereocenters. The SMILES string of the molecule is COc1ccccc1Oc1c(Cl)nc(C(/C=C\NO)=C/O)nc1NS(=O)(=O)c1ccc(C)cn1. The van der Waals surface area contributed by atoms with Gasteiger partial charge < -0.3 is 14.6 Å². The topological polar surface area (TPSA) is 156 Å². The van der Waals surface area contributed by atoms with Gasteiger partial charge in [-0.1, -0.05) is 29.8 Å². The summed E-state index contributed by atoms with van der Waals surface area (Å²) in [7, 11) is -2.78. The molecule has 0 spiro atoms. The maximum atomic E-state index is 13.0. The smallest absolute Gasteiger partial charge is 0.280 e. The average Bonchev–Trinajstić information content (AvgIpc) is 2.82. The second-order valence-corrected chi connectivity index (χ2v) is 8.58. The number of hydrogen-bond donors (Lipinski definition) is 4. The van der Waals surface area contributed by atoms with Crippen LogP contribution in [0.1, 0.15) is 11.4 Å². The molecule has 3 aromatic rings. The third-order valence-corrected chi connectivity index (χ3v) is 5.74. The summed E-state index contributed by atoms with van der Waals surface area (Å²) in [6.07, 6.45) is 4.36. The maximum absolute atomic E-state index is 13.0. The number of anilines is 1. The van der Waals surface area contributed by atoms with E-state index >= 15 is 0 Å². The summed E-state index contributed by atoms with van der Waals surface area (Å²) < 4.78 is 39.4. The molecule has 3 rings (SSSR count). The van der Waals surface area contributed by atoms with Gasteiger partial charge in [0.25, 0.3) is 10.0 Å². The summed E-state index contributed by atoms with van der Waals surface area (Å²) >= 11 is 6.35. The van der Waals surface area contributed by atoms with Gasteiger partial charge in [0.1, 0.15) is 0 Å². The summed E-state index contributed by atoms with van der Waals surface area (Å²) in [5.41, 5.74) is 2.55. The zero-order valence-electron chi connectivity index (χ0n) is 17.9. The molecule has 1 aromatic carbocycles. The van der Waals surface area contributed by atoms with Gasteiger partial charge in [0.15, 0.2) is 33.3 Å². The van der Waals surface area contributed by atoms with E-state index in [9.17, 15) is 13.5 Å². The number of methoxy groups -OCH3 is 1. The van der Waals surface area contributed by atoms with Gasteiger partial charge in [0, 0.05) is 12.4 Å². The Balaban J connectivity index is 2.14. The number of rotatable bonds is 9. The third kappa shape index (κ3) is 5.73. The van der Waals surface area contributed by atoms with Crippen LogP contribution in [0.5, 0.6) is 17.2 Å². The highest BCUT2D eigenvalue weighted by Gasteiger charge is 2.24. The van der Waals surface area contributed by atoms with Crippen LogP contribution in [0.15, 0.2) is 66.2 Å². The van der Waals surface area contributed by atoms with Crippen LogP contribution in [0.4, 0.5) is 5.82 Å². The van der Waals surface area contributed by atoms with Gasteiger partial charge in [-0.2, -0.15) is 8.42 Å². The Morgan fingerprint density at radius 1 is 1.15 bits per heavy atom. The predicted octanol–water partition coefficient (Wildman–Crippen LogP) is 3.83. The van der Waals surface area contributed by atoms with Crippen molar-refractivity contribution >= 4 is 33.0 Å². The van der Waals surface area contributed by atoms with Crippen LogP contribution in [0, 0.1) is 6.92 Å². The van der Waals surface area contributed by atoms with Crippen molar-refractivity contribution in [2.75, 3.05) is 11.8 Å². The third-order valence-electron chi connectivity index (χ3n) is 4.23. The molecule has 178 valence electrons. The molecule has 0 amide bonds. The highest BCUT2D eigenvalue weighted by atomic mass is 35.5. The van der Waals surface area contributed by atoms with Crippen LogP contribution in [-0.4, -0.2) is 40.8 Å². The summed E-state index contributed by atoms with van der Waals surface area (Å²) in [4.78, 5) is 12.2. The lowest BCUT2D eigenvalue weighted by Gasteiger charge is -2.16. The molecule has 0 saturated heterocycles. The van der Waals surface area contributed by atoms with Gasteiger partial charge in [-0.05, 0) is 36.8 Å². The van der Waals surface area contributed by atoms with E-state index in [2.05, 4.69) is 19.7 Å². The number of para-hydroxylation sites is 2. The molecule has 0 bridgehead atoms. The largest absolute Gasteiger partial charge is 0.515 e. The second-order valence-electron chi connectivity index (χ2n) is 6.59. The first-order valence-corrected chi connectivity index (χ1v) is 11.4. The Hall–Kier alpha value is -3.87. The van der Waals surface area contributed by atoms with Crippen LogP contribution >= 0.6 is 11.6 Å². The van der Waals surface area contributed by atoms with E-state index in [1.807, 2.05) is 0 Å². The number of aliphatic hydroxyl groups is 1. The molecule has 0 radical (unpaired) electrons. The second kappa shape index (κ2) is 10.8. The van der Waals surface area contributed by atoms with Crippen molar-refractivity contribution in [3.8, 4) is 17.2 Å². The molecule has 4 N–H and O–H groups in total. The molecule has 0 aliphatic heterocycles. The zero-order chi connectivity index (χ0) is 24.7. The van der Waals surface area contributed by atoms with Gasteiger partial charge in [-0.3, -0.25) is 15.4 Å². The first kappa shape index (κ1) is 24.8. The number of hydroxylamine groups is 1. The number of pyridine rings is 1. The van der Waals surface area contributed by atoms with E-state index in [0.29, 0.717) is 12.0 Å². The fraction of sp³-hybridized carbons (Fsp3) is 0.0952. The Morgan fingerprint density at radius 3 is 2.50 bits per heavy atom. The molecule has 34 heavy (non-hydrogen) atoms. The van der Waals surface area contributed by atoms with Gasteiger partial charge in [0.05, 0.1) is 18.9 Å². The fourth-order valence-electron chi connectivity index (χ4n) is 2.62. The van der Waals surface area contributed by atoms with Crippen molar-refractivity contribution < 1.29 is 28.2 Å². The summed E-state index contributed by atoms with van der Waals surface area (Å²) in [5, 5.41) is 17.8. The lowest BCUT2D eigenvalue weighted by molar-refractivity contribution is 0.214. The van der Waals surface area contributed by atoms with E-state index in [1.54, 1.807) is 42.7 Å². The number of nitrogens with one attached hydrogen (secondary N) is 2. The molecule has 0 unspecified atom stereocenters. The number of aliphatic hydroxyl groups excluding tert-OH is 1. The molecular formula is C21H20ClN5O6S. The Labute approximate surface area is 200 Å². The van der Waals surface area contributed by atoms with Crippen LogP contribution in [0.3, 0.4) is 0 Å². The monoisotopic (exact) mass is 505 g/mol. The predicted molar refractivity (Wildman–Crippen MR) is 125 cm³/mol. The number of aryl methyl sites for hydroxylation is 1. The van der Waals surface area contributed by atoms with Crippen LogP contribution in [0.2, 0.25) is 5.15 Å². The molecule has 0 saturated carbocycles. The summed E-state index contributed by atoms with van der Waals surface area (Å²) in [5.74, 6) is -0.134. The number of allylic oxidation sites excluding steroid dienone is 2. The zero-order valence-corrected chi connectivity index (χ0v) is 19.5. The lowest BCUT2D eigenvalue weighted by atomic mass is 10.2. The first-order chi connectivity index (χ1) is 16.3. The first-order valence-electron chi connectivity index (χ1n) is 9.54. The number of ether oxygens (including phenoxy) is 2. The fourth-order valence-corrected chi connectivity index (χ4v) is 3.76. The highest BCUT2D eigenvalue weighted by Crippen LogP contribution is 2.39. The number of sulfonamides is 1. The average molecular weight is 506 g/mol. The molecule has 13 heteroatoms. The van der Waals surface area contributed by atoms with Crippen LogP contribution in [0.25, 0.3) is 5.57 Å². The van der Waals surface area contributed by atoms with Gasteiger partial charge >= 0.3 is 0 Å². The van der Waals surface area contributed by atoms with Crippen molar-refractivity contribution in [2.45, 2.75) is 11.9 Å². The van der Waals surface area contributed by atoms with Crippen molar-refractivity contribution in [2.24, 2.45) is 0 Å². The minimum Gasteiger partial charge on any atom is -0.515 e. The van der Waals surface area contributed by atoms with E-state index in [1.165, 1.54) is 25.4 Å². The van der Waals surface area contributed by atoms with E-state index < -0.39 is 10.0 Å². The Kier molecular flexibility index (Phi) is 7.89. The standard InChI is InChI=1S/C21H20ClN5O6S/c1-13-7-8-17(23-11-13)34(30,31)27-21-18(33-16-6-4-3-5-15(16)32-2)19(22)25-20(26-21)14(12-28)9-10-24-29/h3-12,24,28-29H,1-2H3,(H,25,26,27)/b10-9-,14-12+. The van der Waals surface area contributed by atoms with Crippen LogP contribution < -0.4 is 19.7 Å². The lowest BCUT2D eigenvalue weighted by Crippen LogP contribution is -2.17. The van der Waals surface area contributed by atoms with Gasteiger partial charge in [-0.25, -0.2) is 15.0 Å². The van der Waals surface area contributed by atoms with Gasteiger partial charge in [0.2, 0.25) is 5.75 Å². The number of nitrogens with zero attached hydrogens (tertiary/aromatic N) is 3. The summed E-state index contributed by atoms with van der Waals surface area (Å²) in [6, 6.07) is 9.54. The van der Waals surface area contributed by atoms with Gasteiger partial charge in [-0.15, -0.1) is 0 Å². The molecule has 0 fully saturated rings. The molecular weight excluding hydrogens is 486 g/mol. The molecule has 0 aliphatic carbocycles. The number of benzene rings is 1. The van der Waals surface area contributed by atoms with Crippen molar-refractivity contribution in [3.63, 3.8) is 0 Å². The van der Waals surface area contributed by atoms with Crippen molar-refractivity contribution in [1.29, 1.82) is 0 Å². The number of halogens is 1. The molecule has 11 nitrogen and oxygen atoms in total. The number of aromatic nitrogens is 3. The van der Waals surface area contributed by atoms with Crippen LogP contribution in [-0.2, 0) is 10.0 Å².